The van der Waals surface area contributed by atoms with Crippen molar-refractivity contribution in [3.63, 3.8) is 0 Å². The molecule has 3 N–H and O–H groups in total. The quantitative estimate of drug-likeness (QED) is 0.680. The number of aliphatic hydroxyl groups is 1. The summed E-state index contributed by atoms with van der Waals surface area (Å²) in [6.45, 7) is 3.69. The lowest BCUT2D eigenvalue weighted by atomic mass is 10.0. The van der Waals surface area contributed by atoms with E-state index < -0.39 is 5.54 Å². The molecule has 1 aromatic heterocycles. The standard InChI is InChI=1S/C9H17N5O2/c1-9(2,4-5-15)13-8(16)12-7-10-6-11-14(7)3/h6,15H,4-5H2,1-3H3,(H2,10,11,12,13,16). The van der Waals surface area contributed by atoms with Crippen LogP contribution in [-0.2, 0) is 7.05 Å². The summed E-state index contributed by atoms with van der Waals surface area (Å²) in [5.74, 6) is 0.372. The second-order valence-corrected chi connectivity index (χ2v) is 4.14. The highest BCUT2D eigenvalue weighted by molar-refractivity contribution is 5.87. The number of hydrogen-bond donors (Lipinski definition) is 3. The zero-order valence-corrected chi connectivity index (χ0v) is 9.69. The Kier molecular flexibility index (Phi) is 3.83. The SMILES string of the molecule is Cn1ncnc1NC(=O)NC(C)(C)CCO. The van der Waals surface area contributed by atoms with Crippen LogP contribution >= 0.6 is 0 Å². The van der Waals surface area contributed by atoms with Crippen LogP contribution in [0.1, 0.15) is 20.3 Å². The molecule has 0 aliphatic rings. The summed E-state index contributed by atoms with van der Waals surface area (Å²) in [5.41, 5.74) is -0.461. The number of aryl methyl sites for hydroxylation is 1. The van der Waals surface area contributed by atoms with Gasteiger partial charge in [0.2, 0.25) is 5.95 Å². The molecule has 0 saturated carbocycles. The minimum absolute atomic E-state index is 0.0250. The topological polar surface area (TPSA) is 92.1 Å². The predicted octanol–water partition coefficient (Wildman–Crippen LogP) is 0.0976. The molecule has 7 nitrogen and oxygen atoms in total. The smallest absolute Gasteiger partial charge is 0.322 e. The maximum absolute atomic E-state index is 11.6. The number of urea groups is 1. The summed E-state index contributed by atoms with van der Waals surface area (Å²) in [7, 11) is 1.68. The highest BCUT2D eigenvalue weighted by atomic mass is 16.3. The molecule has 7 heteroatoms. The Balaban J connectivity index is 2.51. The zero-order chi connectivity index (χ0) is 12.2. The molecule has 0 aliphatic heterocycles. The van der Waals surface area contributed by atoms with Gasteiger partial charge >= 0.3 is 6.03 Å². The number of rotatable bonds is 4. The predicted molar refractivity (Wildman–Crippen MR) is 58.9 cm³/mol. The summed E-state index contributed by atoms with van der Waals surface area (Å²) in [6, 6.07) is -0.366. The van der Waals surface area contributed by atoms with Crippen LogP contribution in [0.3, 0.4) is 0 Å². The number of aliphatic hydroxyl groups excluding tert-OH is 1. The molecule has 0 saturated heterocycles. The Labute approximate surface area is 93.9 Å². The third kappa shape index (κ3) is 3.50. The van der Waals surface area contributed by atoms with Crippen molar-refractivity contribution < 1.29 is 9.90 Å². The van der Waals surface area contributed by atoms with Crippen molar-refractivity contribution in [2.45, 2.75) is 25.8 Å². The van der Waals surface area contributed by atoms with Gasteiger partial charge in [-0.25, -0.2) is 9.48 Å². The number of aromatic nitrogens is 3. The van der Waals surface area contributed by atoms with E-state index in [-0.39, 0.29) is 12.6 Å². The Morgan fingerprint density at radius 1 is 1.62 bits per heavy atom. The second-order valence-electron chi connectivity index (χ2n) is 4.14. The molecule has 0 aliphatic carbocycles. The van der Waals surface area contributed by atoms with E-state index in [2.05, 4.69) is 20.7 Å². The summed E-state index contributed by atoms with van der Waals surface area (Å²) >= 11 is 0. The zero-order valence-electron chi connectivity index (χ0n) is 9.69. The molecule has 1 heterocycles. The first-order chi connectivity index (χ1) is 7.44. The van der Waals surface area contributed by atoms with Crippen LogP contribution in [0.5, 0.6) is 0 Å². The van der Waals surface area contributed by atoms with Gasteiger partial charge in [-0.2, -0.15) is 10.1 Å². The average Bonchev–Trinajstić information content (AvgIpc) is 2.50. The summed E-state index contributed by atoms with van der Waals surface area (Å²) in [5, 5.41) is 17.9. The van der Waals surface area contributed by atoms with E-state index in [0.29, 0.717) is 12.4 Å². The number of carbonyl (C=O) groups excluding carboxylic acids is 1. The van der Waals surface area contributed by atoms with Crippen molar-refractivity contribution in [1.29, 1.82) is 0 Å². The highest BCUT2D eigenvalue weighted by Crippen LogP contribution is 2.07. The molecule has 2 amide bonds. The van der Waals surface area contributed by atoms with Crippen molar-refractivity contribution in [3.8, 4) is 0 Å². The molecular formula is C9H17N5O2. The summed E-state index contributed by atoms with van der Waals surface area (Å²) < 4.78 is 1.46. The Hall–Kier alpha value is -1.63. The maximum atomic E-state index is 11.6. The molecule has 0 fully saturated rings. The maximum Gasteiger partial charge on any atom is 0.322 e. The first kappa shape index (κ1) is 12.4. The van der Waals surface area contributed by atoms with Crippen LogP contribution < -0.4 is 10.6 Å². The average molecular weight is 227 g/mol. The third-order valence-electron chi connectivity index (χ3n) is 2.13. The number of amides is 2. The van der Waals surface area contributed by atoms with Gasteiger partial charge in [-0.15, -0.1) is 0 Å². The van der Waals surface area contributed by atoms with Crippen molar-refractivity contribution >= 4 is 12.0 Å². The van der Waals surface area contributed by atoms with E-state index >= 15 is 0 Å². The van der Waals surface area contributed by atoms with E-state index in [9.17, 15) is 4.79 Å². The van der Waals surface area contributed by atoms with Gasteiger partial charge in [0.05, 0.1) is 0 Å². The minimum atomic E-state index is -0.461. The normalized spacial score (nSPS) is 11.2. The highest BCUT2D eigenvalue weighted by Gasteiger charge is 2.20. The molecule has 0 aromatic carbocycles. The minimum Gasteiger partial charge on any atom is -0.396 e. The van der Waals surface area contributed by atoms with Crippen molar-refractivity contribution in [1.82, 2.24) is 20.1 Å². The number of hydrogen-bond acceptors (Lipinski definition) is 4. The number of nitrogens with one attached hydrogen (secondary N) is 2. The van der Waals surface area contributed by atoms with Crippen LogP contribution in [0.25, 0.3) is 0 Å². The Morgan fingerprint density at radius 3 is 2.81 bits per heavy atom. The van der Waals surface area contributed by atoms with E-state index in [4.69, 9.17) is 5.11 Å². The van der Waals surface area contributed by atoms with Crippen molar-refractivity contribution in [3.05, 3.63) is 6.33 Å². The van der Waals surface area contributed by atoms with Crippen LogP contribution in [0.4, 0.5) is 10.7 Å². The molecule has 0 unspecified atom stereocenters. The molecule has 16 heavy (non-hydrogen) atoms. The third-order valence-corrected chi connectivity index (χ3v) is 2.13. The van der Waals surface area contributed by atoms with Crippen LogP contribution in [-0.4, -0.2) is 38.0 Å². The Morgan fingerprint density at radius 2 is 2.31 bits per heavy atom. The fraction of sp³-hybridized carbons (Fsp3) is 0.667. The lowest BCUT2D eigenvalue weighted by Crippen LogP contribution is -2.46. The van der Waals surface area contributed by atoms with Gasteiger partial charge in [0.25, 0.3) is 0 Å². The van der Waals surface area contributed by atoms with Gasteiger partial charge in [-0.1, -0.05) is 0 Å². The first-order valence-electron chi connectivity index (χ1n) is 4.98. The summed E-state index contributed by atoms with van der Waals surface area (Å²) in [6.07, 6.45) is 1.84. The molecule has 0 atom stereocenters. The second kappa shape index (κ2) is 4.93. The van der Waals surface area contributed by atoms with E-state index in [1.54, 1.807) is 7.05 Å². The fourth-order valence-electron chi connectivity index (χ4n) is 1.19. The molecule has 0 radical (unpaired) electrons. The van der Waals surface area contributed by atoms with Gasteiger partial charge in [0, 0.05) is 19.2 Å². The van der Waals surface area contributed by atoms with E-state index in [0.717, 1.165) is 0 Å². The van der Waals surface area contributed by atoms with Gasteiger partial charge < -0.3 is 10.4 Å². The molecule has 1 rings (SSSR count). The summed E-state index contributed by atoms with van der Waals surface area (Å²) in [4.78, 5) is 15.4. The molecular weight excluding hydrogens is 210 g/mol. The first-order valence-corrected chi connectivity index (χ1v) is 4.98. The molecule has 1 aromatic rings. The lowest BCUT2D eigenvalue weighted by Gasteiger charge is -2.25. The van der Waals surface area contributed by atoms with E-state index in [1.807, 2.05) is 13.8 Å². The van der Waals surface area contributed by atoms with Gasteiger partial charge in [0.1, 0.15) is 6.33 Å². The largest absolute Gasteiger partial charge is 0.396 e. The number of anilines is 1. The lowest BCUT2D eigenvalue weighted by molar-refractivity contribution is 0.218. The van der Waals surface area contributed by atoms with Crippen molar-refractivity contribution in [2.75, 3.05) is 11.9 Å². The van der Waals surface area contributed by atoms with Gasteiger partial charge in [-0.05, 0) is 20.3 Å². The van der Waals surface area contributed by atoms with Crippen molar-refractivity contribution in [2.24, 2.45) is 7.05 Å². The fourth-order valence-corrected chi connectivity index (χ4v) is 1.19. The molecule has 90 valence electrons. The van der Waals surface area contributed by atoms with E-state index in [1.165, 1.54) is 11.0 Å². The Bertz CT molecular complexity index is 361. The van der Waals surface area contributed by atoms with Crippen LogP contribution in [0.15, 0.2) is 6.33 Å². The molecule has 0 bridgehead atoms. The number of nitrogens with zero attached hydrogens (tertiary/aromatic N) is 3. The van der Waals surface area contributed by atoms with Gasteiger partial charge in [0.15, 0.2) is 0 Å². The molecule has 0 spiro atoms. The van der Waals surface area contributed by atoms with Crippen LogP contribution in [0.2, 0.25) is 0 Å². The number of carbonyl (C=O) groups is 1. The monoisotopic (exact) mass is 227 g/mol. The van der Waals surface area contributed by atoms with Crippen LogP contribution in [0, 0.1) is 0 Å². The van der Waals surface area contributed by atoms with Gasteiger partial charge in [-0.3, -0.25) is 5.32 Å².